The van der Waals surface area contributed by atoms with Crippen LogP contribution in [0.3, 0.4) is 0 Å². The quantitative estimate of drug-likeness (QED) is 0.728. The number of ether oxygens (including phenoxy) is 1. The summed E-state index contributed by atoms with van der Waals surface area (Å²) in [5.41, 5.74) is -0.704. The van der Waals surface area contributed by atoms with Gasteiger partial charge in [0.15, 0.2) is 0 Å². The van der Waals surface area contributed by atoms with Crippen LogP contribution in [0.4, 0.5) is 13.2 Å². The molecule has 0 aromatic rings. The largest absolute Gasteiger partial charge is 0.411 e. The van der Waals surface area contributed by atoms with Crippen LogP contribution in [0.25, 0.3) is 0 Å². The van der Waals surface area contributed by atoms with Gasteiger partial charge < -0.3 is 9.84 Å². The fraction of sp³-hybridized carbons (Fsp3) is 1.00. The summed E-state index contributed by atoms with van der Waals surface area (Å²) in [5.74, 6) is 0. The number of rotatable bonds is 4. The molecule has 0 amide bonds. The molecule has 0 aliphatic carbocycles. The van der Waals surface area contributed by atoms with Gasteiger partial charge in [-0.2, -0.15) is 13.2 Å². The van der Waals surface area contributed by atoms with Gasteiger partial charge in [0, 0.05) is 19.6 Å². The molecule has 1 rings (SSSR count). The van der Waals surface area contributed by atoms with Gasteiger partial charge in [-0.3, -0.25) is 4.90 Å². The molecule has 1 fully saturated rings. The van der Waals surface area contributed by atoms with Crippen LogP contribution in [-0.4, -0.2) is 54.6 Å². The Morgan fingerprint density at radius 3 is 2.60 bits per heavy atom. The molecule has 1 aliphatic rings. The number of alkyl halides is 3. The molecule has 1 unspecified atom stereocenters. The van der Waals surface area contributed by atoms with Crippen molar-refractivity contribution in [2.24, 2.45) is 0 Å². The van der Waals surface area contributed by atoms with Crippen LogP contribution >= 0.6 is 0 Å². The average Bonchev–Trinajstić information content (AvgIpc) is 2.38. The molecule has 90 valence electrons. The molecule has 0 bridgehead atoms. The number of hydrogen-bond donors (Lipinski definition) is 1. The summed E-state index contributed by atoms with van der Waals surface area (Å²) >= 11 is 0. The van der Waals surface area contributed by atoms with Crippen molar-refractivity contribution in [1.82, 2.24) is 4.90 Å². The number of hydrogen-bond acceptors (Lipinski definition) is 3. The number of aliphatic hydroxyl groups is 1. The first kappa shape index (κ1) is 12.7. The molecule has 1 atom stereocenters. The Bertz CT molecular complexity index is 206. The van der Waals surface area contributed by atoms with E-state index in [1.165, 1.54) is 0 Å². The second-order valence-corrected chi connectivity index (χ2v) is 4.19. The Morgan fingerprint density at radius 2 is 2.13 bits per heavy atom. The molecule has 0 aromatic carbocycles. The van der Waals surface area contributed by atoms with Gasteiger partial charge in [0.05, 0.1) is 12.2 Å². The maximum absolute atomic E-state index is 11.7. The van der Waals surface area contributed by atoms with Crippen LogP contribution in [0.2, 0.25) is 0 Å². The van der Waals surface area contributed by atoms with Crippen molar-refractivity contribution in [3.8, 4) is 0 Å². The van der Waals surface area contributed by atoms with E-state index in [-0.39, 0.29) is 6.61 Å². The van der Waals surface area contributed by atoms with Gasteiger partial charge in [-0.1, -0.05) is 0 Å². The Labute approximate surface area is 86.8 Å². The molecule has 6 heteroatoms. The summed E-state index contributed by atoms with van der Waals surface area (Å²) in [6.07, 6.45) is -3.59. The Morgan fingerprint density at radius 1 is 1.47 bits per heavy atom. The predicted molar refractivity (Wildman–Crippen MR) is 48.6 cm³/mol. The molecule has 1 aliphatic heterocycles. The monoisotopic (exact) mass is 227 g/mol. The zero-order chi connectivity index (χ0) is 11.5. The van der Waals surface area contributed by atoms with Crippen molar-refractivity contribution in [3.05, 3.63) is 0 Å². The van der Waals surface area contributed by atoms with Crippen LogP contribution in [0, 0.1) is 0 Å². The summed E-state index contributed by atoms with van der Waals surface area (Å²) in [4.78, 5) is 1.90. The lowest BCUT2D eigenvalue weighted by Gasteiger charge is -2.18. The van der Waals surface area contributed by atoms with Gasteiger partial charge in [-0.15, -0.1) is 0 Å². The van der Waals surface area contributed by atoms with Crippen molar-refractivity contribution < 1.29 is 23.0 Å². The zero-order valence-corrected chi connectivity index (χ0v) is 8.68. The van der Waals surface area contributed by atoms with Crippen LogP contribution in [0.5, 0.6) is 0 Å². The summed E-state index contributed by atoms with van der Waals surface area (Å²) in [5, 5.41) is 9.59. The Balaban J connectivity index is 2.07. The van der Waals surface area contributed by atoms with E-state index >= 15 is 0 Å². The zero-order valence-electron chi connectivity index (χ0n) is 8.68. The van der Waals surface area contributed by atoms with E-state index in [0.717, 1.165) is 0 Å². The minimum Gasteiger partial charge on any atom is -0.389 e. The Kier molecular flexibility index (Phi) is 3.97. The third-order valence-electron chi connectivity index (χ3n) is 2.35. The summed E-state index contributed by atoms with van der Waals surface area (Å²) in [7, 11) is 0. The van der Waals surface area contributed by atoms with Crippen molar-refractivity contribution in [3.63, 3.8) is 0 Å². The van der Waals surface area contributed by atoms with Gasteiger partial charge >= 0.3 is 6.18 Å². The highest BCUT2D eigenvalue weighted by molar-refractivity contribution is 4.85. The third-order valence-corrected chi connectivity index (χ3v) is 2.35. The molecule has 0 aromatic heterocycles. The summed E-state index contributed by atoms with van der Waals surface area (Å²) in [6.45, 7) is 2.23. The molecule has 3 nitrogen and oxygen atoms in total. The van der Waals surface area contributed by atoms with Gasteiger partial charge in [0.2, 0.25) is 0 Å². The lowest BCUT2D eigenvalue weighted by Crippen LogP contribution is -2.32. The highest BCUT2D eigenvalue weighted by Gasteiger charge is 2.31. The lowest BCUT2D eigenvalue weighted by molar-refractivity contribution is -0.174. The number of β-amino-alcohol motifs (C(OH)–C–C–N with tert-alkyl or cyclic N) is 1. The van der Waals surface area contributed by atoms with E-state index in [1.54, 1.807) is 6.92 Å². The standard InChI is InChI=1S/C9H16F3NO2/c1-8(14)2-3-13(6-8)4-5-15-7-9(10,11)12/h14H,2-7H2,1H3. The van der Waals surface area contributed by atoms with Crippen molar-refractivity contribution in [2.75, 3.05) is 32.8 Å². The molecule has 15 heavy (non-hydrogen) atoms. The first-order chi connectivity index (χ1) is 6.79. The van der Waals surface area contributed by atoms with Gasteiger partial charge in [0.25, 0.3) is 0 Å². The minimum absolute atomic E-state index is 0.0512. The Hall–Kier alpha value is -0.330. The fourth-order valence-electron chi connectivity index (χ4n) is 1.61. The molecule has 0 radical (unpaired) electrons. The SMILES string of the molecule is CC1(O)CCN(CCOCC(F)(F)F)C1. The molecule has 1 heterocycles. The molecular weight excluding hydrogens is 211 g/mol. The van der Waals surface area contributed by atoms with E-state index < -0.39 is 18.4 Å². The highest BCUT2D eigenvalue weighted by Crippen LogP contribution is 2.19. The van der Waals surface area contributed by atoms with Crippen molar-refractivity contribution in [2.45, 2.75) is 25.1 Å². The maximum atomic E-state index is 11.7. The predicted octanol–water partition coefficient (Wildman–Crippen LogP) is 1.02. The van der Waals surface area contributed by atoms with Gasteiger partial charge in [0.1, 0.15) is 6.61 Å². The van der Waals surface area contributed by atoms with E-state index in [1.807, 2.05) is 4.90 Å². The smallest absolute Gasteiger partial charge is 0.389 e. The van der Waals surface area contributed by atoms with Crippen LogP contribution in [-0.2, 0) is 4.74 Å². The fourth-order valence-corrected chi connectivity index (χ4v) is 1.61. The summed E-state index contributed by atoms with van der Waals surface area (Å²) in [6, 6.07) is 0. The molecular formula is C9H16F3NO2. The molecule has 1 saturated heterocycles. The molecule has 0 saturated carbocycles. The number of nitrogens with zero attached hydrogens (tertiary/aromatic N) is 1. The summed E-state index contributed by atoms with van der Waals surface area (Å²) < 4.78 is 39.6. The van der Waals surface area contributed by atoms with Crippen LogP contribution in [0.15, 0.2) is 0 Å². The number of halogens is 3. The van der Waals surface area contributed by atoms with E-state index in [9.17, 15) is 18.3 Å². The van der Waals surface area contributed by atoms with Gasteiger partial charge in [-0.25, -0.2) is 0 Å². The second-order valence-electron chi connectivity index (χ2n) is 4.19. The maximum Gasteiger partial charge on any atom is 0.411 e. The van der Waals surface area contributed by atoms with E-state index in [2.05, 4.69) is 4.74 Å². The second kappa shape index (κ2) is 4.67. The van der Waals surface area contributed by atoms with Gasteiger partial charge in [-0.05, 0) is 13.3 Å². The molecule has 0 spiro atoms. The first-order valence-electron chi connectivity index (χ1n) is 4.88. The highest BCUT2D eigenvalue weighted by atomic mass is 19.4. The number of likely N-dealkylation sites (tertiary alicyclic amines) is 1. The van der Waals surface area contributed by atoms with Crippen LogP contribution in [0.1, 0.15) is 13.3 Å². The average molecular weight is 227 g/mol. The molecule has 1 N–H and O–H groups in total. The third kappa shape index (κ3) is 5.34. The topological polar surface area (TPSA) is 32.7 Å². The lowest BCUT2D eigenvalue weighted by atomic mass is 10.1. The van der Waals surface area contributed by atoms with Crippen molar-refractivity contribution in [1.29, 1.82) is 0 Å². The van der Waals surface area contributed by atoms with Crippen molar-refractivity contribution >= 4 is 0 Å². The normalized spacial score (nSPS) is 28.6. The minimum atomic E-state index is -4.25. The first-order valence-corrected chi connectivity index (χ1v) is 4.88. The van der Waals surface area contributed by atoms with Crippen LogP contribution < -0.4 is 0 Å². The van der Waals surface area contributed by atoms with E-state index in [4.69, 9.17) is 0 Å². The van der Waals surface area contributed by atoms with E-state index in [0.29, 0.717) is 26.1 Å².